The predicted octanol–water partition coefficient (Wildman–Crippen LogP) is 0.738. The van der Waals surface area contributed by atoms with Gasteiger partial charge in [0.2, 0.25) is 5.91 Å². The number of benzene rings is 1. The number of hydrogen-bond donors (Lipinski definition) is 1. The van der Waals surface area contributed by atoms with Crippen LogP contribution in [-0.2, 0) is 9.53 Å². The molecule has 1 amide bonds. The first-order valence-corrected chi connectivity index (χ1v) is 7.44. The summed E-state index contributed by atoms with van der Waals surface area (Å²) >= 11 is 0. The zero-order chi connectivity index (χ0) is 15.1. The van der Waals surface area contributed by atoms with Crippen LogP contribution >= 0.6 is 0 Å². The molecule has 116 valence electrons. The zero-order valence-electron chi connectivity index (χ0n) is 12.9. The van der Waals surface area contributed by atoms with Crippen molar-refractivity contribution in [3.05, 3.63) is 35.9 Å². The van der Waals surface area contributed by atoms with Gasteiger partial charge in [0.15, 0.2) is 0 Å². The number of likely N-dealkylation sites (N-methyl/N-ethyl adjacent to an activating group) is 1. The molecule has 1 atom stereocenters. The average Bonchev–Trinajstić information content (AvgIpc) is 2.52. The molecule has 0 radical (unpaired) electrons. The Hall–Kier alpha value is -1.43. The van der Waals surface area contributed by atoms with E-state index in [1.54, 1.807) is 7.11 Å². The molecule has 1 N–H and O–H groups in total. The number of carbonyl (C=O) groups is 1. The van der Waals surface area contributed by atoms with Gasteiger partial charge >= 0.3 is 0 Å². The molecule has 1 aromatic rings. The molecule has 0 bridgehead atoms. The Balaban J connectivity index is 1.85. The number of amides is 1. The Bertz CT molecular complexity index is 430. The van der Waals surface area contributed by atoms with E-state index in [1.165, 1.54) is 0 Å². The molecule has 0 saturated carbocycles. The van der Waals surface area contributed by atoms with Gasteiger partial charge in [-0.1, -0.05) is 30.3 Å². The minimum Gasteiger partial charge on any atom is -0.383 e. The molecule has 1 aliphatic rings. The van der Waals surface area contributed by atoms with Gasteiger partial charge in [-0.25, -0.2) is 0 Å². The normalized spacial score (nSPS) is 17.7. The first kappa shape index (κ1) is 15.9. The molecule has 1 fully saturated rings. The van der Waals surface area contributed by atoms with E-state index in [0.29, 0.717) is 13.2 Å². The fourth-order valence-corrected chi connectivity index (χ4v) is 2.50. The summed E-state index contributed by atoms with van der Waals surface area (Å²) in [7, 11) is 3.77. The van der Waals surface area contributed by atoms with Gasteiger partial charge in [0.25, 0.3) is 0 Å². The molecule has 5 heteroatoms. The number of hydrogen-bond acceptors (Lipinski definition) is 4. The summed E-state index contributed by atoms with van der Waals surface area (Å²) in [6, 6.07) is 10.1. The summed E-state index contributed by atoms with van der Waals surface area (Å²) in [5, 5.41) is 3.32. The first-order chi connectivity index (χ1) is 10.2. The van der Waals surface area contributed by atoms with E-state index in [9.17, 15) is 4.79 Å². The standard InChI is InChI=1S/C16H25N3O2/c1-18-8-10-19(11-9-18)16(20)12-17-15(13-21-2)14-6-4-3-5-7-14/h3-7,15,17H,8-13H2,1-2H3. The van der Waals surface area contributed by atoms with Gasteiger partial charge in [-0.05, 0) is 12.6 Å². The lowest BCUT2D eigenvalue weighted by atomic mass is 10.1. The predicted molar refractivity (Wildman–Crippen MR) is 83.1 cm³/mol. The van der Waals surface area contributed by atoms with Crippen molar-refractivity contribution in [1.29, 1.82) is 0 Å². The second-order valence-corrected chi connectivity index (χ2v) is 5.48. The van der Waals surface area contributed by atoms with Crippen LogP contribution in [0.3, 0.4) is 0 Å². The van der Waals surface area contributed by atoms with Crippen molar-refractivity contribution in [2.75, 3.05) is 53.5 Å². The fraction of sp³-hybridized carbons (Fsp3) is 0.562. The second kappa shape index (κ2) is 8.12. The monoisotopic (exact) mass is 291 g/mol. The van der Waals surface area contributed by atoms with E-state index in [0.717, 1.165) is 31.7 Å². The van der Waals surface area contributed by atoms with E-state index in [4.69, 9.17) is 4.74 Å². The van der Waals surface area contributed by atoms with Crippen molar-refractivity contribution in [2.24, 2.45) is 0 Å². The second-order valence-electron chi connectivity index (χ2n) is 5.48. The largest absolute Gasteiger partial charge is 0.383 e. The van der Waals surface area contributed by atoms with E-state index in [-0.39, 0.29) is 11.9 Å². The summed E-state index contributed by atoms with van der Waals surface area (Å²) in [4.78, 5) is 16.4. The number of nitrogens with zero attached hydrogens (tertiary/aromatic N) is 2. The molecular weight excluding hydrogens is 266 g/mol. The molecule has 0 aliphatic carbocycles. The topological polar surface area (TPSA) is 44.8 Å². The van der Waals surface area contributed by atoms with Crippen molar-refractivity contribution >= 4 is 5.91 Å². The minimum absolute atomic E-state index is 0.0487. The third-order valence-corrected chi connectivity index (χ3v) is 3.89. The number of rotatable bonds is 6. The Kier molecular flexibility index (Phi) is 6.17. The van der Waals surface area contributed by atoms with Gasteiger partial charge in [-0.3, -0.25) is 10.1 Å². The van der Waals surface area contributed by atoms with Gasteiger partial charge in [0.1, 0.15) is 0 Å². The maximum Gasteiger partial charge on any atom is 0.236 e. The highest BCUT2D eigenvalue weighted by atomic mass is 16.5. The molecular formula is C16H25N3O2. The van der Waals surface area contributed by atoms with Gasteiger partial charge in [-0.2, -0.15) is 0 Å². The molecule has 1 saturated heterocycles. The lowest BCUT2D eigenvalue weighted by Crippen LogP contribution is -2.49. The van der Waals surface area contributed by atoms with Crippen molar-refractivity contribution < 1.29 is 9.53 Å². The van der Waals surface area contributed by atoms with Gasteiger partial charge in [0, 0.05) is 33.3 Å². The smallest absolute Gasteiger partial charge is 0.236 e. The quantitative estimate of drug-likeness (QED) is 0.839. The van der Waals surface area contributed by atoms with Gasteiger partial charge in [0.05, 0.1) is 19.2 Å². The minimum atomic E-state index is 0.0487. The van der Waals surface area contributed by atoms with Crippen LogP contribution in [0.5, 0.6) is 0 Å². The van der Waals surface area contributed by atoms with Crippen LogP contribution in [0.4, 0.5) is 0 Å². The maximum atomic E-state index is 12.2. The van der Waals surface area contributed by atoms with Crippen molar-refractivity contribution in [2.45, 2.75) is 6.04 Å². The van der Waals surface area contributed by atoms with Gasteiger partial charge < -0.3 is 14.5 Å². The molecule has 1 aromatic carbocycles. The lowest BCUT2D eigenvalue weighted by molar-refractivity contribution is -0.132. The average molecular weight is 291 g/mol. The number of nitrogens with one attached hydrogen (secondary N) is 1. The highest BCUT2D eigenvalue weighted by Gasteiger charge is 2.20. The Morgan fingerprint density at radius 2 is 1.90 bits per heavy atom. The molecule has 1 unspecified atom stereocenters. The van der Waals surface area contributed by atoms with Crippen LogP contribution in [0.15, 0.2) is 30.3 Å². The Labute approximate surface area is 126 Å². The van der Waals surface area contributed by atoms with E-state index >= 15 is 0 Å². The van der Waals surface area contributed by atoms with Crippen LogP contribution in [0, 0.1) is 0 Å². The van der Waals surface area contributed by atoms with Crippen molar-refractivity contribution in [3.63, 3.8) is 0 Å². The van der Waals surface area contributed by atoms with Crippen LogP contribution in [0.1, 0.15) is 11.6 Å². The summed E-state index contributed by atoms with van der Waals surface area (Å²) in [5.41, 5.74) is 1.14. The Morgan fingerprint density at radius 1 is 1.24 bits per heavy atom. The van der Waals surface area contributed by atoms with Crippen molar-refractivity contribution in [3.8, 4) is 0 Å². The van der Waals surface area contributed by atoms with E-state index < -0.39 is 0 Å². The van der Waals surface area contributed by atoms with Gasteiger partial charge in [-0.15, -0.1) is 0 Å². The third-order valence-electron chi connectivity index (χ3n) is 3.89. The van der Waals surface area contributed by atoms with Crippen LogP contribution in [0.25, 0.3) is 0 Å². The molecule has 1 heterocycles. The molecule has 0 spiro atoms. The maximum absolute atomic E-state index is 12.2. The van der Waals surface area contributed by atoms with E-state index in [2.05, 4.69) is 29.4 Å². The highest BCUT2D eigenvalue weighted by Crippen LogP contribution is 2.12. The summed E-state index contributed by atoms with van der Waals surface area (Å²) in [6.07, 6.45) is 0. The lowest BCUT2D eigenvalue weighted by Gasteiger charge is -2.33. The zero-order valence-corrected chi connectivity index (χ0v) is 12.9. The third kappa shape index (κ3) is 4.81. The summed E-state index contributed by atoms with van der Waals surface area (Å²) in [5.74, 6) is 0.167. The molecule has 0 aromatic heterocycles. The number of ether oxygens (including phenoxy) is 1. The number of piperazine rings is 1. The number of methoxy groups -OCH3 is 1. The van der Waals surface area contributed by atoms with Crippen LogP contribution < -0.4 is 5.32 Å². The fourth-order valence-electron chi connectivity index (χ4n) is 2.50. The first-order valence-electron chi connectivity index (χ1n) is 7.44. The van der Waals surface area contributed by atoms with E-state index in [1.807, 2.05) is 23.1 Å². The molecule has 2 rings (SSSR count). The molecule has 1 aliphatic heterocycles. The highest BCUT2D eigenvalue weighted by molar-refractivity contribution is 5.78. The summed E-state index contributed by atoms with van der Waals surface area (Å²) < 4.78 is 5.26. The van der Waals surface area contributed by atoms with Crippen LogP contribution in [-0.4, -0.2) is 69.2 Å². The summed E-state index contributed by atoms with van der Waals surface area (Å²) in [6.45, 7) is 4.44. The Morgan fingerprint density at radius 3 is 2.52 bits per heavy atom. The molecule has 5 nitrogen and oxygen atoms in total. The SMILES string of the molecule is COCC(NCC(=O)N1CCN(C)CC1)c1ccccc1. The number of carbonyl (C=O) groups excluding carboxylic acids is 1. The van der Waals surface area contributed by atoms with Crippen molar-refractivity contribution in [1.82, 2.24) is 15.1 Å². The van der Waals surface area contributed by atoms with Crippen LogP contribution in [0.2, 0.25) is 0 Å². The molecule has 21 heavy (non-hydrogen) atoms.